The first-order valence-electron chi connectivity index (χ1n) is 10.6. The van der Waals surface area contributed by atoms with Gasteiger partial charge >= 0.3 is 5.97 Å². The van der Waals surface area contributed by atoms with Crippen LogP contribution in [0.3, 0.4) is 0 Å². The molecule has 1 N–H and O–H groups in total. The van der Waals surface area contributed by atoms with Gasteiger partial charge in [-0.05, 0) is 30.7 Å². The van der Waals surface area contributed by atoms with Gasteiger partial charge in [-0.1, -0.05) is 35.9 Å². The Labute approximate surface area is 190 Å². The van der Waals surface area contributed by atoms with Crippen LogP contribution in [0.1, 0.15) is 6.42 Å². The second-order valence-electron chi connectivity index (χ2n) is 8.31. The zero-order valence-electron chi connectivity index (χ0n) is 17.2. The summed E-state index contributed by atoms with van der Waals surface area (Å²) in [4.78, 5) is 43.2. The zero-order chi connectivity index (χ0) is 22.5. The lowest BCUT2D eigenvalue weighted by molar-refractivity contribution is -0.154. The molecule has 1 spiro atoms. The number of fused-ring (bicyclic) bond motifs is 2. The van der Waals surface area contributed by atoms with E-state index in [1.807, 2.05) is 6.08 Å². The van der Waals surface area contributed by atoms with Gasteiger partial charge in [0.05, 0.1) is 25.2 Å². The molecular formula is C23H23ClN2O6. The van der Waals surface area contributed by atoms with Crippen LogP contribution in [0, 0.1) is 11.8 Å². The molecule has 0 aromatic heterocycles. The maximum Gasteiger partial charge on any atom is 0.312 e. The van der Waals surface area contributed by atoms with E-state index in [9.17, 15) is 19.5 Å². The first kappa shape index (κ1) is 21.2. The van der Waals surface area contributed by atoms with E-state index in [4.69, 9.17) is 21.1 Å². The molecule has 4 aliphatic heterocycles. The maximum atomic E-state index is 13.9. The molecule has 2 amide bonds. The van der Waals surface area contributed by atoms with E-state index in [-0.39, 0.29) is 32.2 Å². The number of anilines is 1. The molecule has 0 aliphatic carbocycles. The summed E-state index contributed by atoms with van der Waals surface area (Å²) < 4.78 is 11.8. The highest BCUT2D eigenvalue weighted by molar-refractivity contribution is 6.30. The number of carbonyl (C=O) groups is 3. The van der Waals surface area contributed by atoms with Crippen molar-refractivity contribution in [2.75, 3.05) is 31.2 Å². The topological polar surface area (TPSA) is 96.4 Å². The molecule has 32 heavy (non-hydrogen) atoms. The van der Waals surface area contributed by atoms with E-state index >= 15 is 0 Å². The van der Waals surface area contributed by atoms with Crippen LogP contribution in [0.4, 0.5) is 5.69 Å². The Morgan fingerprint density at radius 1 is 1.12 bits per heavy atom. The Hall–Kier alpha value is -2.68. The summed E-state index contributed by atoms with van der Waals surface area (Å²) in [7, 11) is 0. The number of benzene rings is 1. The molecule has 1 aromatic carbocycles. The van der Waals surface area contributed by atoms with Crippen LogP contribution in [0.25, 0.3) is 0 Å². The number of halogens is 1. The molecule has 0 saturated carbocycles. The van der Waals surface area contributed by atoms with Crippen molar-refractivity contribution < 1.29 is 29.0 Å². The van der Waals surface area contributed by atoms with Crippen molar-refractivity contribution in [1.82, 2.24) is 4.90 Å². The molecule has 9 heteroatoms. The molecule has 5 atom stereocenters. The van der Waals surface area contributed by atoms with Crippen LogP contribution in [-0.4, -0.2) is 71.8 Å². The Bertz CT molecular complexity index is 1010. The van der Waals surface area contributed by atoms with Crippen molar-refractivity contribution in [2.45, 2.75) is 24.2 Å². The van der Waals surface area contributed by atoms with Gasteiger partial charge in [0.2, 0.25) is 5.91 Å². The van der Waals surface area contributed by atoms with Gasteiger partial charge in [-0.15, -0.1) is 0 Å². The number of β-amino-alcohol motifs (C(OH)–C–C–N with tert-alkyl or cyclic N) is 1. The van der Waals surface area contributed by atoms with Crippen molar-refractivity contribution >= 4 is 35.1 Å². The van der Waals surface area contributed by atoms with Gasteiger partial charge < -0.3 is 24.4 Å². The van der Waals surface area contributed by atoms with Crippen LogP contribution in [-0.2, 0) is 23.9 Å². The summed E-state index contributed by atoms with van der Waals surface area (Å²) in [6.45, 7) is 0.143. The summed E-state index contributed by atoms with van der Waals surface area (Å²) in [6.07, 6.45) is 7.09. The van der Waals surface area contributed by atoms with Crippen molar-refractivity contribution in [3.63, 3.8) is 0 Å². The molecule has 2 saturated heterocycles. The molecule has 1 aromatic rings. The first-order valence-corrected chi connectivity index (χ1v) is 11.0. The van der Waals surface area contributed by atoms with Gasteiger partial charge in [0.25, 0.3) is 5.91 Å². The van der Waals surface area contributed by atoms with Gasteiger partial charge in [-0.2, -0.15) is 0 Å². The number of ether oxygens (including phenoxy) is 2. The number of hydrogen-bond donors (Lipinski definition) is 1. The van der Waals surface area contributed by atoms with Crippen LogP contribution in [0.15, 0.2) is 48.6 Å². The third-order valence-corrected chi connectivity index (χ3v) is 6.85. The van der Waals surface area contributed by atoms with Crippen molar-refractivity contribution in [3.8, 4) is 0 Å². The Morgan fingerprint density at radius 2 is 1.91 bits per heavy atom. The molecule has 1 unspecified atom stereocenters. The minimum atomic E-state index is -1.33. The van der Waals surface area contributed by atoms with E-state index < -0.39 is 41.5 Å². The minimum absolute atomic E-state index is 0.0403. The second-order valence-corrected chi connectivity index (χ2v) is 8.75. The third kappa shape index (κ3) is 3.09. The van der Waals surface area contributed by atoms with Gasteiger partial charge in [-0.25, -0.2) is 0 Å². The van der Waals surface area contributed by atoms with Gasteiger partial charge in [0, 0.05) is 23.8 Å². The summed E-state index contributed by atoms with van der Waals surface area (Å²) in [6, 6.07) is 5.84. The number of aliphatic hydroxyl groups excluding tert-OH is 1. The van der Waals surface area contributed by atoms with Crippen LogP contribution in [0.5, 0.6) is 0 Å². The zero-order valence-corrected chi connectivity index (χ0v) is 18.0. The fourth-order valence-electron chi connectivity index (χ4n) is 5.31. The average Bonchev–Trinajstić information content (AvgIpc) is 3.13. The van der Waals surface area contributed by atoms with E-state index in [0.29, 0.717) is 17.1 Å². The monoisotopic (exact) mass is 458 g/mol. The van der Waals surface area contributed by atoms with Crippen molar-refractivity contribution in [3.05, 3.63) is 53.6 Å². The number of carbonyl (C=O) groups excluding carboxylic acids is 3. The molecule has 168 valence electrons. The highest BCUT2D eigenvalue weighted by Crippen LogP contribution is 2.53. The Kier molecular flexibility index (Phi) is 5.31. The van der Waals surface area contributed by atoms with E-state index in [2.05, 4.69) is 0 Å². The average molecular weight is 459 g/mol. The second kappa shape index (κ2) is 8.03. The normalized spacial score (nSPS) is 33.9. The number of aliphatic hydroxyl groups is 1. The predicted octanol–water partition coefficient (Wildman–Crippen LogP) is 1.32. The van der Waals surface area contributed by atoms with Gasteiger partial charge in [-0.3, -0.25) is 14.4 Å². The predicted molar refractivity (Wildman–Crippen MR) is 115 cm³/mol. The molecule has 0 radical (unpaired) electrons. The number of cyclic esters (lactones) is 1. The standard InChI is InChI=1S/C23H23ClN2O6/c24-14-5-7-15(8-6-14)25-10-3-9-23-18(20(28)26(11-12-27)19(23)21(25)29)17-16(32-23)4-1-2-13-31-22(17)30/h1,3-9,16-19,27H,2,10-13H2/t16-,17+,18-,19?,23-/m0/s1. The Morgan fingerprint density at radius 3 is 2.66 bits per heavy atom. The van der Waals surface area contributed by atoms with E-state index in [1.54, 1.807) is 47.4 Å². The molecular weight excluding hydrogens is 436 g/mol. The lowest BCUT2D eigenvalue weighted by atomic mass is 9.77. The minimum Gasteiger partial charge on any atom is -0.465 e. The molecule has 4 aliphatic rings. The Balaban J connectivity index is 1.61. The van der Waals surface area contributed by atoms with Crippen molar-refractivity contribution in [2.24, 2.45) is 11.8 Å². The molecule has 2 fully saturated rings. The summed E-state index contributed by atoms with van der Waals surface area (Å²) in [5.74, 6) is -3.00. The summed E-state index contributed by atoms with van der Waals surface area (Å²) >= 11 is 6.01. The summed E-state index contributed by atoms with van der Waals surface area (Å²) in [5, 5.41) is 10.2. The molecule has 8 nitrogen and oxygen atoms in total. The molecule has 5 rings (SSSR count). The SMILES string of the molecule is O=C1OCCC=C[C@@H]2O[C@]34C=CCN(c5ccc(Cl)cc5)C(=O)C3N(CCO)C(=O)[C@@H]4[C@H]12. The van der Waals surface area contributed by atoms with Crippen molar-refractivity contribution in [1.29, 1.82) is 0 Å². The molecule has 4 heterocycles. The smallest absolute Gasteiger partial charge is 0.312 e. The highest BCUT2D eigenvalue weighted by Gasteiger charge is 2.71. The molecule has 0 bridgehead atoms. The van der Waals surface area contributed by atoms with Gasteiger partial charge in [0.15, 0.2) is 0 Å². The number of rotatable bonds is 3. The third-order valence-electron chi connectivity index (χ3n) is 6.60. The number of likely N-dealkylation sites (tertiary alicyclic amines) is 1. The number of esters is 1. The first-order chi connectivity index (χ1) is 15.5. The fourth-order valence-corrected chi connectivity index (χ4v) is 5.43. The number of amides is 2. The van der Waals surface area contributed by atoms with E-state index in [0.717, 1.165) is 0 Å². The number of nitrogens with zero attached hydrogens (tertiary/aromatic N) is 2. The fraction of sp³-hybridized carbons (Fsp3) is 0.435. The van der Waals surface area contributed by atoms with Crippen LogP contribution in [0.2, 0.25) is 5.02 Å². The lowest BCUT2D eigenvalue weighted by Gasteiger charge is -2.35. The highest BCUT2D eigenvalue weighted by atomic mass is 35.5. The lowest BCUT2D eigenvalue weighted by Crippen LogP contribution is -2.55. The largest absolute Gasteiger partial charge is 0.465 e. The van der Waals surface area contributed by atoms with Gasteiger partial charge in [0.1, 0.15) is 17.6 Å². The maximum absolute atomic E-state index is 13.9. The van der Waals surface area contributed by atoms with Crippen LogP contribution >= 0.6 is 11.6 Å². The summed E-state index contributed by atoms with van der Waals surface area (Å²) in [5.41, 5.74) is -0.697. The number of hydrogen-bond acceptors (Lipinski definition) is 6. The van der Waals surface area contributed by atoms with E-state index in [1.165, 1.54) is 4.90 Å². The quantitative estimate of drug-likeness (QED) is 0.542. The van der Waals surface area contributed by atoms with Crippen LogP contribution < -0.4 is 4.90 Å².